The summed E-state index contributed by atoms with van der Waals surface area (Å²) in [6.07, 6.45) is 3.16. The molecular formula is C15H19NO. The lowest BCUT2D eigenvalue weighted by atomic mass is 9.84. The van der Waals surface area contributed by atoms with E-state index < -0.39 is 0 Å². The molecule has 1 amide bonds. The Kier molecular flexibility index (Phi) is 3.62. The van der Waals surface area contributed by atoms with Gasteiger partial charge in [-0.3, -0.25) is 4.79 Å². The molecule has 0 bridgehead atoms. The fourth-order valence-corrected chi connectivity index (χ4v) is 2.48. The van der Waals surface area contributed by atoms with Crippen molar-refractivity contribution in [1.82, 2.24) is 4.90 Å². The fourth-order valence-electron chi connectivity index (χ4n) is 2.48. The van der Waals surface area contributed by atoms with Crippen LogP contribution in [0.2, 0.25) is 0 Å². The lowest BCUT2D eigenvalue weighted by molar-refractivity contribution is -0.143. The van der Waals surface area contributed by atoms with E-state index in [-0.39, 0.29) is 11.9 Å². The van der Waals surface area contributed by atoms with Crippen molar-refractivity contribution in [3.05, 3.63) is 48.6 Å². The average molecular weight is 229 g/mol. The van der Waals surface area contributed by atoms with Gasteiger partial charge in [0, 0.05) is 13.0 Å². The van der Waals surface area contributed by atoms with Gasteiger partial charge < -0.3 is 4.90 Å². The van der Waals surface area contributed by atoms with Crippen molar-refractivity contribution in [2.45, 2.75) is 25.8 Å². The van der Waals surface area contributed by atoms with E-state index in [0.29, 0.717) is 12.3 Å². The molecule has 2 unspecified atom stereocenters. The van der Waals surface area contributed by atoms with E-state index in [4.69, 9.17) is 0 Å². The minimum atomic E-state index is 0.247. The van der Waals surface area contributed by atoms with E-state index in [2.05, 4.69) is 25.6 Å². The molecule has 0 N–H and O–H groups in total. The molecule has 1 aromatic carbocycles. The maximum absolute atomic E-state index is 12.0. The summed E-state index contributed by atoms with van der Waals surface area (Å²) in [5, 5.41) is 0. The fraction of sp³-hybridized carbons (Fsp3) is 0.400. The van der Waals surface area contributed by atoms with Crippen LogP contribution in [0.15, 0.2) is 43.0 Å². The van der Waals surface area contributed by atoms with E-state index in [1.165, 1.54) is 5.56 Å². The number of hydrogen-bond donors (Lipinski definition) is 0. The van der Waals surface area contributed by atoms with Crippen molar-refractivity contribution in [1.29, 1.82) is 0 Å². The molecule has 0 aromatic heterocycles. The number of benzene rings is 1. The van der Waals surface area contributed by atoms with Crippen LogP contribution in [0.1, 0.15) is 31.4 Å². The number of carbonyl (C=O) groups is 1. The second kappa shape index (κ2) is 5.17. The van der Waals surface area contributed by atoms with Crippen LogP contribution >= 0.6 is 0 Å². The number of rotatable bonds is 4. The Balaban J connectivity index is 2.06. The monoisotopic (exact) mass is 229 g/mol. The molecule has 0 radical (unpaired) electrons. The van der Waals surface area contributed by atoms with E-state index in [1.54, 1.807) is 6.08 Å². The van der Waals surface area contributed by atoms with Crippen LogP contribution in [-0.2, 0) is 4.79 Å². The molecule has 0 aliphatic carbocycles. The van der Waals surface area contributed by atoms with Gasteiger partial charge in [-0.15, -0.1) is 6.58 Å². The van der Waals surface area contributed by atoms with Gasteiger partial charge in [0.1, 0.15) is 0 Å². The topological polar surface area (TPSA) is 20.3 Å². The zero-order valence-electron chi connectivity index (χ0n) is 10.3. The molecule has 90 valence electrons. The summed E-state index contributed by atoms with van der Waals surface area (Å²) in [5.74, 6) is 0.807. The smallest absolute Gasteiger partial charge is 0.223 e. The standard InChI is InChI=1S/C15H19NO/c1-3-4-10-14(17)16-11-12(2)15(16)13-8-6-5-7-9-13/h3,5-9,12,15H,1,4,10-11H2,2H3. The molecule has 1 aliphatic heterocycles. The van der Waals surface area contributed by atoms with Gasteiger partial charge in [0.05, 0.1) is 6.04 Å². The van der Waals surface area contributed by atoms with Crippen LogP contribution in [0.25, 0.3) is 0 Å². The molecular weight excluding hydrogens is 210 g/mol. The third-order valence-corrected chi connectivity index (χ3v) is 3.38. The SMILES string of the molecule is C=CCCC(=O)N1CC(C)C1c1ccccc1. The Morgan fingerprint density at radius 2 is 2.18 bits per heavy atom. The minimum absolute atomic E-state index is 0.247. The molecule has 2 atom stereocenters. The third-order valence-electron chi connectivity index (χ3n) is 3.38. The van der Waals surface area contributed by atoms with E-state index >= 15 is 0 Å². The molecule has 0 saturated carbocycles. The van der Waals surface area contributed by atoms with Gasteiger partial charge in [-0.05, 0) is 17.9 Å². The summed E-state index contributed by atoms with van der Waals surface area (Å²) in [7, 11) is 0. The predicted molar refractivity (Wildman–Crippen MR) is 69.5 cm³/mol. The van der Waals surface area contributed by atoms with Gasteiger partial charge in [0.2, 0.25) is 5.91 Å². The Labute approximate surface area is 103 Å². The number of amides is 1. The number of nitrogens with zero attached hydrogens (tertiary/aromatic N) is 1. The van der Waals surface area contributed by atoms with Crippen molar-refractivity contribution < 1.29 is 4.79 Å². The van der Waals surface area contributed by atoms with Gasteiger partial charge in [-0.2, -0.15) is 0 Å². The first-order chi connectivity index (χ1) is 8.24. The number of carbonyl (C=O) groups excluding carboxylic acids is 1. The second-order valence-corrected chi connectivity index (χ2v) is 4.71. The summed E-state index contributed by atoms with van der Waals surface area (Å²) in [4.78, 5) is 14.0. The largest absolute Gasteiger partial charge is 0.335 e. The first-order valence-electron chi connectivity index (χ1n) is 6.19. The molecule has 2 rings (SSSR count). The quantitative estimate of drug-likeness (QED) is 0.726. The van der Waals surface area contributed by atoms with Crippen LogP contribution in [0.3, 0.4) is 0 Å². The number of hydrogen-bond acceptors (Lipinski definition) is 1. The molecule has 1 aromatic rings. The van der Waals surface area contributed by atoms with E-state index in [9.17, 15) is 4.79 Å². The molecule has 0 spiro atoms. The third kappa shape index (κ3) is 2.41. The zero-order chi connectivity index (χ0) is 12.3. The van der Waals surface area contributed by atoms with Gasteiger partial charge >= 0.3 is 0 Å². The Morgan fingerprint density at radius 3 is 2.76 bits per heavy atom. The molecule has 1 heterocycles. The van der Waals surface area contributed by atoms with Gasteiger partial charge in [-0.1, -0.05) is 43.3 Å². The highest BCUT2D eigenvalue weighted by Gasteiger charge is 2.39. The first kappa shape index (κ1) is 11.9. The maximum Gasteiger partial charge on any atom is 0.223 e. The maximum atomic E-state index is 12.0. The van der Waals surface area contributed by atoms with Crippen LogP contribution in [0, 0.1) is 5.92 Å². The molecule has 1 saturated heterocycles. The highest BCUT2D eigenvalue weighted by molar-refractivity contribution is 5.77. The Bertz CT molecular complexity index is 399. The minimum Gasteiger partial charge on any atom is -0.335 e. The van der Waals surface area contributed by atoms with Gasteiger partial charge in [-0.25, -0.2) is 0 Å². The molecule has 1 aliphatic rings. The lowest BCUT2D eigenvalue weighted by Gasteiger charge is -2.47. The Hall–Kier alpha value is -1.57. The van der Waals surface area contributed by atoms with Crippen molar-refractivity contribution >= 4 is 5.91 Å². The van der Waals surface area contributed by atoms with E-state index in [0.717, 1.165) is 13.0 Å². The second-order valence-electron chi connectivity index (χ2n) is 4.71. The van der Waals surface area contributed by atoms with Crippen molar-refractivity contribution in [2.75, 3.05) is 6.54 Å². The molecule has 2 heteroatoms. The van der Waals surface area contributed by atoms with Crippen LogP contribution in [0.5, 0.6) is 0 Å². The summed E-state index contributed by atoms with van der Waals surface area (Å²) in [6.45, 7) is 6.75. The highest BCUT2D eigenvalue weighted by atomic mass is 16.2. The van der Waals surface area contributed by atoms with Crippen molar-refractivity contribution in [2.24, 2.45) is 5.92 Å². The van der Waals surface area contributed by atoms with Gasteiger partial charge in [0.25, 0.3) is 0 Å². The summed E-state index contributed by atoms with van der Waals surface area (Å²) in [6, 6.07) is 10.6. The Morgan fingerprint density at radius 1 is 1.47 bits per heavy atom. The van der Waals surface area contributed by atoms with Crippen LogP contribution in [-0.4, -0.2) is 17.4 Å². The summed E-state index contributed by atoms with van der Waals surface area (Å²) < 4.78 is 0. The highest BCUT2D eigenvalue weighted by Crippen LogP contribution is 2.38. The summed E-state index contributed by atoms with van der Waals surface area (Å²) >= 11 is 0. The number of allylic oxidation sites excluding steroid dienone is 1. The lowest BCUT2D eigenvalue weighted by Crippen LogP contribution is -2.51. The van der Waals surface area contributed by atoms with E-state index in [1.807, 2.05) is 23.1 Å². The number of likely N-dealkylation sites (tertiary alicyclic amines) is 1. The van der Waals surface area contributed by atoms with Gasteiger partial charge in [0.15, 0.2) is 0 Å². The van der Waals surface area contributed by atoms with Crippen LogP contribution in [0.4, 0.5) is 0 Å². The van der Waals surface area contributed by atoms with Crippen molar-refractivity contribution in [3.8, 4) is 0 Å². The predicted octanol–water partition coefficient (Wildman–Crippen LogP) is 3.17. The average Bonchev–Trinajstić information content (AvgIpc) is 2.34. The molecule has 2 nitrogen and oxygen atoms in total. The molecule has 1 fully saturated rings. The molecule has 17 heavy (non-hydrogen) atoms. The zero-order valence-corrected chi connectivity index (χ0v) is 10.3. The van der Waals surface area contributed by atoms with Crippen molar-refractivity contribution in [3.63, 3.8) is 0 Å². The first-order valence-corrected chi connectivity index (χ1v) is 6.19. The summed E-state index contributed by atoms with van der Waals surface area (Å²) in [5.41, 5.74) is 1.25. The normalized spacial score (nSPS) is 23.0. The van der Waals surface area contributed by atoms with Crippen LogP contribution < -0.4 is 0 Å².